The Morgan fingerprint density at radius 1 is 1.25 bits per heavy atom. The monoisotopic (exact) mass is 281 g/mol. The molecule has 2 rings (SSSR count). The molecule has 2 heterocycles. The third-order valence-corrected chi connectivity index (χ3v) is 5.06. The molecule has 0 aromatic carbocycles. The molecular weight excluding hydrogens is 250 g/mol. The second-order valence-electron chi connectivity index (χ2n) is 6.36. The van der Waals surface area contributed by atoms with Gasteiger partial charge in [0.2, 0.25) is 5.91 Å². The first-order chi connectivity index (χ1) is 9.70. The van der Waals surface area contributed by atoms with Crippen molar-refractivity contribution in [3.63, 3.8) is 0 Å². The van der Waals surface area contributed by atoms with Crippen molar-refractivity contribution in [3.8, 4) is 0 Å². The van der Waals surface area contributed by atoms with Crippen LogP contribution < -0.4 is 5.32 Å². The molecule has 0 aliphatic carbocycles. The second kappa shape index (κ2) is 7.99. The van der Waals surface area contributed by atoms with Crippen LogP contribution in [-0.4, -0.2) is 61.0 Å². The Kier molecular flexibility index (Phi) is 6.30. The number of piperidine rings is 2. The lowest BCUT2D eigenvalue weighted by Crippen LogP contribution is -2.45. The molecule has 1 amide bonds. The van der Waals surface area contributed by atoms with Gasteiger partial charge in [0.25, 0.3) is 0 Å². The van der Waals surface area contributed by atoms with Gasteiger partial charge in [-0.1, -0.05) is 13.3 Å². The van der Waals surface area contributed by atoms with Crippen LogP contribution in [0.5, 0.6) is 0 Å². The minimum absolute atomic E-state index is 0.340. The molecule has 0 radical (unpaired) electrons. The van der Waals surface area contributed by atoms with E-state index in [-0.39, 0.29) is 0 Å². The summed E-state index contributed by atoms with van der Waals surface area (Å²) in [6.07, 6.45) is 7.85. The highest BCUT2D eigenvalue weighted by molar-refractivity contribution is 5.76. The number of carbonyl (C=O) groups excluding carboxylic acids is 1. The average Bonchev–Trinajstić information content (AvgIpc) is 2.53. The van der Waals surface area contributed by atoms with Crippen LogP contribution in [0.1, 0.15) is 51.9 Å². The molecule has 0 spiro atoms. The minimum atomic E-state index is 0.340. The Bertz CT molecular complexity index is 294. The van der Waals surface area contributed by atoms with Gasteiger partial charge in [-0.25, -0.2) is 0 Å². The molecule has 4 heteroatoms. The summed E-state index contributed by atoms with van der Waals surface area (Å²) in [7, 11) is 2.00. The SMILES string of the molecule is CCN1CCC(N(C)C(=O)CCC2CCCCN2)CC1. The molecule has 116 valence electrons. The normalized spacial score (nSPS) is 25.6. The van der Waals surface area contributed by atoms with Crippen molar-refractivity contribution in [1.82, 2.24) is 15.1 Å². The molecule has 2 saturated heterocycles. The molecule has 0 aromatic heterocycles. The fraction of sp³-hybridized carbons (Fsp3) is 0.938. The van der Waals surface area contributed by atoms with Crippen LogP contribution in [0.25, 0.3) is 0 Å². The van der Waals surface area contributed by atoms with Gasteiger partial charge in [0, 0.05) is 38.6 Å². The van der Waals surface area contributed by atoms with Gasteiger partial charge in [0.1, 0.15) is 0 Å². The zero-order valence-electron chi connectivity index (χ0n) is 13.2. The van der Waals surface area contributed by atoms with Gasteiger partial charge in [-0.15, -0.1) is 0 Å². The first-order valence-electron chi connectivity index (χ1n) is 8.42. The highest BCUT2D eigenvalue weighted by Gasteiger charge is 2.25. The predicted molar refractivity (Wildman–Crippen MR) is 82.8 cm³/mol. The fourth-order valence-corrected chi connectivity index (χ4v) is 3.47. The van der Waals surface area contributed by atoms with E-state index < -0.39 is 0 Å². The zero-order chi connectivity index (χ0) is 14.4. The molecule has 1 N–H and O–H groups in total. The van der Waals surface area contributed by atoms with E-state index in [9.17, 15) is 4.79 Å². The Balaban J connectivity index is 1.69. The molecule has 2 fully saturated rings. The summed E-state index contributed by atoms with van der Waals surface area (Å²) < 4.78 is 0. The highest BCUT2D eigenvalue weighted by Crippen LogP contribution is 2.17. The van der Waals surface area contributed by atoms with Gasteiger partial charge < -0.3 is 15.1 Å². The molecule has 0 aromatic rings. The second-order valence-corrected chi connectivity index (χ2v) is 6.36. The summed E-state index contributed by atoms with van der Waals surface area (Å²) in [5.74, 6) is 0.340. The van der Waals surface area contributed by atoms with Crippen LogP contribution in [0.3, 0.4) is 0 Å². The van der Waals surface area contributed by atoms with E-state index in [1.165, 1.54) is 19.3 Å². The molecule has 4 nitrogen and oxygen atoms in total. The van der Waals surface area contributed by atoms with Crippen molar-refractivity contribution in [1.29, 1.82) is 0 Å². The maximum atomic E-state index is 12.3. The zero-order valence-corrected chi connectivity index (χ0v) is 13.2. The average molecular weight is 281 g/mol. The summed E-state index contributed by atoms with van der Waals surface area (Å²) in [4.78, 5) is 16.8. The number of rotatable bonds is 5. The van der Waals surface area contributed by atoms with Crippen LogP contribution in [0, 0.1) is 0 Å². The lowest BCUT2D eigenvalue weighted by molar-refractivity contribution is -0.133. The van der Waals surface area contributed by atoms with Gasteiger partial charge >= 0.3 is 0 Å². The summed E-state index contributed by atoms with van der Waals surface area (Å²) in [6.45, 7) is 6.76. The highest BCUT2D eigenvalue weighted by atomic mass is 16.2. The van der Waals surface area contributed by atoms with E-state index in [1.807, 2.05) is 11.9 Å². The van der Waals surface area contributed by atoms with E-state index in [0.29, 0.717) is 24.4 Å². The van der Waals surface area contributed by atoms with Gasteiger partial charge in [-0.05, 0) is 45.2 Å². The first-order valence-corrected chi connectivity index (χ1v) is 8.42. The number of hydrogen-bond acceptors (Lipinski definition) is 3. The number of hydrogen-bond donors (Lipinski definition) is 1. The standard InChI is InChI=1S/C16H31N3O/c1-3-19-12-9-15(10-13-19)18(2)16(20)8-7-14-6-4-5-11-17-14/h14-15,17H,3-13H2,1-2H3. The molecule has 0 saturated carbocycles. The number of nitrogens with one attached hydrogen (secondary N) is 1. The van der Waals surface area contributed by atoms with Crippen molar-refractivity contribution in [2.24, 2.45) is 0 Å². The molecule has 1 unspecified atom stereocenters. The van der Waals surface area contributed by atoms with Crippen molar-refractivity contribution >= 4 is 5.91 Å². The minimum Gasteiger partial charge on any atom is -0.343 e. The van der Waals surface area contributed by atoms with Crippen molar-refractivity contribution < 1.29 is 4.79 Å². The third-order valence-electron chi connectivity index (χ3n) is 5.06. The molecule has 0 bridgehead atoms. The first kappa shape index (κ1) is 15.8. The lowest BCUT2D eigenvalue weighted by atomic mass is 9.99. The van der Waals surface area contributed by atoms with Crippen LogP contribution in [0.15, 0.2) is 0 Å². The molecule has 1 atom stereocenters. The topological polar surface area (TPSA) is 35.6 Å². The summed E-state index contributed by atoms with van der Waals surface area (Å²) in [5, 5.41) is 3.53. The van der Waals surface area contributed by atoms with Crippen molar-refractivity contribution in [3.05, 3.63) is 0 Å². The van der Waals surface area contributed by atoms with E-state index in [1.54, 1.807) is 0 Å². The van der Waals surface area contributed by atoms with E-state index in [0.717, 1.165) is 45.4 Å². The van der Waals surface area contributed by atoms with Gasteiger partial charge in [0.05, 0.1) is 0 Å². The summed E-state index contributed by atoms with van der Waals surface area (Å²) >= 11 is 0. The number of likely N-dealkylation sites (tertiary alicyclic amines) is 1. The summed E-state index contributed by atoms with van der Waals surface area (Å²) in [5.41, 5.74) is 0. The van der Waals surface area contributed by atoms with E-state index in [2.05, 4.69) is 17.1 Å². The van der Waals surface area contributed by atoms with Crippen LogP contribution in [0.4, 0.5) is 0 Å². The number of amides is 1. The van der Waals surface area contributed by atoms with Gasteiger partial charge in [-0.3, -0.25) is 4.79 Å². The number of carbonyl (C=O) groups is 1. The Hall–Kier alpha value is -0.610. The molecule has 2 aliphatic heterocycles. The van der Waals surface area contributed by atoms with Gasteiger partial charge in [0.15, 0.2) is 0 Å². The maximum absolute atomic E-state index is 12.3. The Labute approximate surface area is 123 Å². The van der Waals surface area contributed by atoms with Crippen LogP contribution >= 0.6 is 0 Å². The molecule has 20 heavy (non-hydrogen) atoms. The Morgan fingerprint density at radius 2 is 2.00 bits per heavy atom. The van der Waals surface area contributed by atoms with E-state index >= 15 is 0 Å². The maximum Gasteiger partial charge on any atom is 0.222 e. The largest absolute Gasteiger partial charge is 0.343 e. The van der Waals surface area contributed by atoms with Crippen LogP contribution in [0.2, 0.25) is 0 Å². The van der Waals surface area contributed by atoms with Gasteiger partial charge in [-0.2, -0.15) is 0 Å². The Morgan fingerprint density at radius 3 is 2.60 bits per heavy atom. The molecular formula is C16H31N3O. The van der Waals surface area contributed by atoms with Crippen molar-refractivity contribution in [2.45, 2.75) is 64.0 Å². The fourth-order valence-electron chi connectivity index (χ4n) is 3.47. The lowest BCUT2D eigenvalue weighted by Gasteiger charge is -2.36. The third kappa shape index (κ3) is 4.45. The van der Waals surface area contributed by atoms with E-state index in [4.69, 9.17) is 0 Å². The summed E-state index contributed by atoms with van der Waals surface area (Å²) in [6, 6.07) is 1.03. The molecule has 2 aliphatic rings. The quantitative estimate of drug-likeness (QED) is 0.835. The smallest absolute Gasteiger partial charge is 0.222 e. The predicted octanol–water partition coefficient (Wildman–Crippen LogP) is 1.85. The van der Waals surface area contributed by atoms with Crippen molar-refractivity contribution in [2.75, 3.05) is 33.2 Å². The van der Waals surface area contributed by atoms with Crippen LogP contribution in [-0.2, 0) is 4.79 Å². The number of nitrogens with zero attached hydrogens (tertiary/aromatic N) is 2.